The first kappa shape index (κ1) is 14.2. The Hall–Kier alpha value is -0.840. The molecule has 1 aromatic carbocycles. The van der Waals surface area contributed by atoms with Crippen molar-refractivity contribution >= 4 is 11.6 Å². The zero-order valence-corrected chi connectivity index (χ0v) is 10.6. The first-order valence-corrected chi connectivity index (χ1v) is 5.89. The summed E-state index contributed by atoms with van der Waals surface area (Å²) in [6, 6.07) is 4.11. The van der Waals surface area contributed by atoms with Crippen LogP contribution in [-0.2, 0) is 4.74 Å². The standard InChI is InChI=1S/C12H17ClFNO2/c1-16-8-6-15-5-2-7-17-12-4-3-10(14)9-11(12)13/h3-4,9,15H,2,5-8H2,1H3. The van der Waals surface area contributed by atoms with Gasteiger partial charge in [0.1, 0.15) is 11.6 Å². The maximum absolute atomic E-state index is 12.7. The quantitative estimate of drug-likeness (QED) is 0.730. The highest BCUT2D eigenvalue weighted by Crippen LogP contribution is 2.24. The van der Waals surface area contributed by atoms with Gasteiger partial charge in [-0.05, 0) is 31.2 Å². The van der Waals surface area contributed by atoms with Gasteiger partial charge in [0.2, 0.25) is 0 Å². The van der Waals surface area contributed by atoms with Crippen molar-refractivity contribution in [2.75, 3.05) is 33.4 Å². The van der Waals surface area contributed by atoms with Crippen LogP contribution in [0.15, 0.2) is 18.2 Å². The van der Waals surface area contributed by atoms with E-state index in [0.29, 0.717) is 24.0 Å². The summed E-state index contributed by atoms with van der Waals surface area (Å²) >= 11 is 5.81. The van der Waals surface area contributed by atoms with Gasteiger partial charge in [0.05, 0.1) is 18.2 Å². The van der Waals surface area contributed by atoms with Crippen molar-refractivity contribution in [2.24, 2.45) is 0 Å². The first-order valence-electron chi connectivity index (χ1n) is 5.51. The highest BCUT2D eigenvalue weighted by atomic mass is 35.5. The third kappa shape index (κ3) is 5.86. The molecular formula is C12H17ClFNO2. The van der Waals surface area contributed by atoms with Gasteiger partial charge >= 0.3 is 0 Å². The maximum atomic E-state index is 12.7. The molecule has 0 saturated heterocycles. The van der Waals surface area contributed by atoms with Crippen molar-refractivity contribution in [2.45, 2.75) is 6.42 Å². The van der Waals surface area contributed by atoms with Gasteiger partial charge in [0, 0.05) is 13.7 Å². The number of hydrogen-bond donors (Lipinski definition) is 1. The fraction of sp³-hybridized carbons (Fsp3) is 0.500. The molecule has 0 aliphatic carbocycles. The minimum atomic E-state index is -0.358. The van der Waals surface area contributed by atoms with Crippen molar-refractivity contribution < 1.29 is 13.9 Å². The molecule has 0 fully saturated rings. The Labute approximate surface area is 106 Å². The van der Waals surface area contributed by atoms with E-state index in [9.17, 15) is 4.39 Å². The van der Waals surface area contributed by atoms with Gasteiger partial charge < -0.3 is 14.8 Å². The van der Waals surface area contributed by atoms with Crippen LogP contribution < -0.4 is 10.1 Å². The third-order valence-corrected chi connectivity index (χ3v) is 2.43. The number of nitrogens with one attached hydrogen (secondary N) is 1. The van der Waals surface area contributed by atoms with Crippen LogP contribution in [0.3, 0.4) is 0 Å². The fourth-order valence-electron chi connectivity index (χ4n) is 1.27. The van der Waals surface area contributed by atoms with Crippen molar-refractivity contribution in [3.63, 3.8) is 0 Å². The minimum absolute atomic E-state index is 0.303. The summed E-state index contributed by atoms with van der Waals surface area (Å²) < 4.78 is 23.1. The van der Waals surface area contributed by atoms with E-state index in [1.54, 1.807) is 7.11 Å². The van der Waals surface area contributed by atoms with Gasteiger partial charge in [-0.1, -0.05) is 11.6 Å². The lowest BCUT2D eigenvalue weighted by Crippen LogP contribution is -2.21. The van der Waals surface area contributed by atoms with Gasteiger partial charge in [-0.25, -0.2) is 4.39 Å². The molecule has 1 aromatic rings. The van der Waals surface area contributed by atoms with E-state index in [0.717, 1.165) is 19.5 Å². The predicted molar refractivity (Wildman–Crippen MR) is 66.3 cm³/mol. The average molecular weight is 262 g/mol. The minimum Gasteiger partial charge on any atom is -0.492 e. The van der Waals surface area contributed by atoms with Gasteiger partial charge in [-0.15, -0.1) is 0 Å². The largest absolute Gasteiger partial charge is 0.492 e. The molecule has 0 saturated carbocycles. The SMILES string of the molecule is COCCNCCCOc1ccc(F)cc1Cl. The summed E-state index contributed by atoms with van der Waals surface area (Å²) in [5.41, 5.74) is 0. The van der Waals surface area contributed by atoms with E-state index in [1.165, 1.54) is 18.2 Å². The molecule has 0 aromatic heterocycles. The van der Waals surface area contributed by atoms with E-state index < -0.39 is 0 Å². The van der Waals surface area contributed by atoms with Gasteiger partial charge in [-0.3, -0.25) is 0 Å². The van der Waals surface area contributed by atoms with Crippen molar-refractivity contribution in [3.8, 4) is 5.75 Å². The highest BCUT2D eigenvalue weighted by molar-refractivity contribution is 6.32. The van der Waals surface area contributed by atoms with Crippen molar-refractivity contribution in [1.82, 2.24) is 5.32 Å². The molecular weight excluding hydrogens is 245 g/mol. The summed E-state index contributed by atoms with van der Waals surface area (Å²) in [7, 11) is 1.67. The van der Waals surface area contributed by atoms with Crippen LogP contribution in [-0.4, -0.2) is 33.4 Å². The van der Waals surface area contributed by atoms with Gasteiger partial charge in [-0.2, -0.15) is 0 Å². The Morgan fingerprint density at radius 1 is 1.29 bits per heavy atom. The molecule has 0 unspecified atom stereocenters. The summed E-state index contributed by atoms with van der Waals surface area (Å²) in [5.74, 6) is 0.161. The molecule has 0 radical (unpaired) electrons. The maximum Gasteiger partial charge on any atom is 0.138 e. The molecule has 0 amide bonds. The molecule has 0 bridgehead atoms. The number of methoxy groups -OCH3 is 1. The lowest BCUT2D eigenvalue weighted by molar-refractivity contribution is 0.198. The van der Waals surface area contributed by atoms with Crippen LogP contribution in [0.1, 0.15) is 6.42 Å². The van der Waals surface area contributed by atoms with Crippen LogP contribution in [0, 0.1) is 5.82 Å². The summed E-state index contributed by atoms with van der Waals surface area (Å²) in [5, 5.41) is 3.50. The average Bonchev–Trinajstić information content (AvgIpc) is 2.30. The van der Waals surface area contributed by atoms with Gasteiger partial charge in [0.15, 0.2) is 0 Å². The van der Waals surface area contributed by atoms with Crippen LogP contribution in [0.4, 0.5) is 4.39 Å². The molecule has 1 rings (SSSR count). The van der Waals surface area contributed by atoms with Crippen LogP contribution in [0.25, 0.3) is 0 Å². The van der Waals surface area contributed by atoms with Crippen molar-refractivity contribution in [3.05, 3.63) is 29.0 Å². The lowest BCUT2D eigenvalue weighted by Gasteiger charge is -2.08. The first-order chi connectivity index (χ1) is 8.24. The number of hydrogen-bond acceptors (Lipinski definition) is 3. The molecule has 0 aliphatic rings. The molecule has 0 heterocycles. The molecule has 0 atom stereocenters. The smallest absolute Gasteiger partial charge is 0.138 e. The lowest BCUT2D eigenvalue weighted by atomic mass is 10.3. The predicted octanol–water partition coefficient (Wildman–Crippen LogP) is 2.48. The Kier molecular flexibility index (Phi) is 6.93. The number of benzene rings is 1. The fourth-order valence-corrected chi connectivity index (χ4v) is 1.49. The molecule has 96 valence electrons. The summed E-state index contributed by atoms with van der Waals surface area (Å²) in [6.07, 6.45) is 0.859. The zero-order chi connectivity index (χ0) is 12.5. The van der Waals surface area contributed by atoms with E-state index in [-0.39, 0.29) is 5.82 Å². The topological polar surface area (TPSA) is 30.5 Å². The Bertz CT molecular complexity index is 336. The van der Waals surface area contributed by atoms with E-state index in [1.807, 2.05) is 0 Å². The molecule has 5 heteroatoms. The second-order valence-corrected chi connectivity index (χ2v) is 3.93. The Morgan fingerprint density at radius 3 is 2.82 bits per heavy atom. The number of rotatable bonds is 8. The summed E-state index contributed by atoms with van der Waals surface area (Å²) in [4.78, 5) is 0. The molecule has 0 aliphatic heterocycles. The second-order valence-electron chi connectivity index (χ2n) is 3.52. The van der Waals surface area contributed by atoms with Crippen LogP contribution >= 0.6 is 11.6 Å². The monoisotopic (exact) mass is 261 g/mol. The molecule has 3 nitrogen and oxygen atoms in total. The zero-order valence-electron chi connectivity index (χ0n) is 9.84. The van der Waals surface area contributed by atoms with Crippen LogP contribution in [0.5, 0.6) is 5.75 Å². The molecule has 17 heavy (non-hydrogen) atoms. The van der Waals surface area contributed by atoms with Crippen LogP contribution in [0.2, 0.25) is 5.02 Å². The Balaban J connectivity index is 2.14. The van der Waals surface area contributed by atoms with E-state index in [2.05, 4.69) is 5.32 Å². The highest BCUT2D eigenvalue weighted by Gasteiger charge is 2.02. The molecule has 1 N–H and O–H groups in total. The van der Waals surface area contributed by atoms with E-state index in [4.69, 9.17) is 21.1 Å². The molecule has 0 spiro atoms. The number of halogens is 2. The Morgan fingerprint density at radius 2 is 2.12 bits per heavy atom. The second kappa shape index (κ2) is 8.28. The normalized spacial score (nSPS) is 10.5. The van der Waals surface area contributed by atoms with E-state index >= 15 is 0 Å². The van der Waals surface area contributed by atoms with Gasteiger partial charge in [0.25, 0.3) is 0 Å². The third-order valence-electron chi connectivity index (χ3n) is 2.13. The number of ether oxygens (including phenoxy) is 2. The summed E-state index contributed by atoms with van der Waals surface area (Å²) in [6.45, 7) is 2.92. The van der Waals surface area contributed by atoms with Crippen molar-refractivity contribution in [1.29, 1.82) is 0 Å².